The fourth-order valence-electron chi connectivity index (χ4n) is 3.99. The molecule has 0 saturated carbocycles. The summed E-state index contributed by atoms with van der Waals surface area (Å²) in [5.41, 5.74) is 2.37. The Morgan fingerprint density at radius 3 is 3.26 bits per heavy atom. The molecule has 0 spiro atoms. The van der Waals surface area contributed by atoms with Crippen LogP contribution in [0.3, 0.4) is 0 Å². The van der Waals surface area contributed by atoms with Crippen LogP contribution in [0.1, 0.15) is 30.7 Å². The number of piperidine rings is 1. The van der Waals surface area contributed by atoms with Crippen LogP contribution in [-0.4, -0.2) is 48.9 Å². The van der Waals surface area contributed by atoms with Crippen molar-refractivity contribution in [2.45, 2.75) is 38.8 Å². The highest BCUT2D eigenvalue weighted by atomic mass is 16.5. The Hall–Kier alpha value is -1.23. The fraction of sp³-hybridized carbons (Fsp3) is 0.632. The largest absolute Gasteiger partial charge is 0.377 e. The summed E-state index contributed by atoms with van der Waals surface area (Å²) >= 11 is 0. The normalized spacial score (nSPS) is 28.3. The summed E-state index contributed by atoms with van der Waals surface area (Å²) in [6.45, 7) is 11.1. The average molecular weight is 316 g/mol. The molecule has 0 unspecified atom stereocenters. The molecule has 4 heteroatoms. The van der Waals surface area contributed by atoms with Crippen molar-refractivity contribution in [3.05, 3.63) is 42.2 Å². The number of ether oxygens (including phenoxy) is 2. The lowest BCUT2D eigenvalue weighted by Gasteiger charge is -2.50. The molecule has 4 nitrogen and oxygen atoms in total. The fourth-order valence-corrected chi connectivity index (χ4v) is 3.99. The standard InChI is InChI=1S/C19H28N2O2/c1-3-11-22-15-19-9-5-12-23-18(19)8-10-21(14-19)13-17-7-4-6-16(2)20-17/h3-4,6-7,18H,1,5,8-15H2,2H3/t18-,19+/m0/s1. The van der Waals surface area contributed by atoms with Crippen LogP contribution in [0.15, 0.2) is 30.9 Å². The number of likely N-dealkylation sites (tertiary alicyclic amines) is 1. The van der Waals surface area contributed by atoms with Crippen molar-refractivity contribution in [3.63, 3.8) is 0 Å². The number of aryl methyl sites for hydroxylation is 1. The van der Waals surface area contributed by atoms with Gasteiger partial charge in [0.1, 0.15) is 0 Å². The molecule has 0 amide bonds. The molecular formula is C19H28N2O2. The van der Waals surface area contributed by atoms with E-state index in [-0.39, 0.29) is 5.41 Å². The predicted molar refractivity (Wildman–Crippen MR) is 91.3 cm³/mol. The second-order valence-electron chi connectivity index (χ2n) is 6.90. The van der Waals surface area contributed by atoms with Gasteiger partial charge in [0.2, 0.25) is 0 Å². The Balaban J connectivity index is 1.68. The van der Waals surface area contributed by atoms with Gasteiger partial charge in [-0.1, -0.05) is 12.1 Å². The van der Waals surface area contributed by atoms with Gasteiger partial charge in [-0.25, -0.2) is 0 Å². The first-order valence-electron chi connectivity index (χ1n) is 8.67. The first kappa shape index (κ1) is 16.6. The Labute approximate surface area is 139 Å². The molecule has 2 atom stereocenters. The molecule has 3 heterocycles. The average Bonchev–Trinajstić information content (AvgIpc) is 2.55. The summed E-state index contributed by atoms with van der Waals surface area (Å²) in [6.07, 6.45) is 5.56. The molecule has 0 aliphatic carbocycles. The van der Waals surface area contributed by atoms with Crippen molar-refractivity contribution in [1.82, 2.24) is 9.88 Å². The molecule has 1 aromatic rings. The van der Waals surface area contributed by atoms with Crippen LogP contribution in [0.5, 0.6) is 0 Å². The third kappa shape index (κ3) is 4.00. The third-order valence-corrected chi connectivity index (χ3v) is 5.02. The van der Waals surface area contributed by atoms with Gasteiger partial charge in [0, 0.05) is 37.4 Å². The van der Waals surface area contributed by atoms with Crippen LogP contribution < -0.4 is 0 Å². The van der Waals surface area contributed by atoms with Gasteiger partial charge in [-0.15, -0.1) is 6.58 Å². The summed E-state index contributed by atoms with van der Waals surface area (Å²) in [5, 5.41) is 0. The molecule has 2 fully saturated rings. The molecule has 1 aromatic heterocycles. The van der Waals surface area contributed by atoms with Crippen molar-refractivity contribution >= 4 is 0 Å². The summed E-state index contributed by atoms with van der Waals surface area (Å²) in [7, 11) is 0. The lowest BCUT2D eigenvalue weighted by Crippen LogP contribution is -2.56. The molecule has 23 heavy (non-hydrogen) atoms. The smallest absolute Gasteiger partial charge is 0.0677 e. The predicted octanol–water partition coefficient (Wildman–Crippen LogP) is 2.96. The van der Waals surface area contributed by atoms with E-state index in [4.69, 9.17) is 9.47 Å². The summed E-state index contributed by atoms with van der Waals surface area (Å²) in [5.74, 6) is 0. The number of hydrogen-bond donors (Lipinski definition) is 0. The van der Waals surface area contributed by atoms with E-state index in [9.17, 15) is 0 Å². The van der Waals surface area contributed by atoms with E-state index in [0.717, 1.165) is 57.1 Å². The van der Waals surface area contributed by atoms with E-state index in [0.29, 0.717) is 12.7 Å². The monoisotopic (exact) mass is 316 g/mol. The number of nitrogens with zero attached hydrogens (tertiary/aromatic N) is 2. The van der Waals surface area contributed by atoms with Gasteiger partial charge in [-0.05, 0) is 38.3 Å². The first-order valence-corrected chi connectivity index (χ1v) is 8.67. The van der Waals surface area contributed by atoms with E-state index >= 15 is 0 Å². The zero-order valence-corrected chi connectivity index (χ0v) is 14.2. The Morgan fingerprint density at radius 2 is 2.43 bits per heavy atom. The minimum Gasteiger partial charge on any atom is -0.377 e. The molecule has 2 aliphatic rings. The van der Waals surface area contributed by atoms with Gasteiger partial charge < -0.3 is 9.47 Å². The zero-order chi connectivity index (χ0) is 16.1. The third-order valence-electron chi connectivity index (χ3n) is 5.02. The van der Waals surface area contributed by atoms with Gasteiger partial charge in [-0.3, -0.25) is 9.88 Å². The quantitative estimate of drug-likeness (QED) is 0.597. The van der Waals surface area contributed by atoms with Crippen LogP contribution in [0.2, 0.25) is 0 Å². The zero-order valence-electron chi connectivity index (χ0n) is 14.2. The lowest BCUT2D eigenvalue weighted by atomic mass is 9.73. The summed E-state index contributed by atoms with van der Waals surface area (Å²) in [6, 6.07) is 6.27. The maximum absolute atomic E-state index is 6.09. The van der Waals surface area contributed by atoms with Crippen LogP contribution in [0.25, 0.3) is 0 Å². The van der Waals surface area contributed by atoms with Crippen molar-refractivity contribution in [3.8, 4) is 0 Å². The maximum atomic E-state index is 6.09. The molecule has 3 rings (SSSR count). The number of rotatable bonds is 6. The van der Waals surface area contributed by atoms with Crippen LogP contribution >= 0.6 is 0 Å². The van der Waals surface area contributed by atoms with Crippen molar-refractivity contribution in [1.29, 1.82) is 0 Å². The van der Waals surface area contributed by atoms with Crippen molar-refractivity contribution < 1.29 is 9.47 Å². The Morgan fingerprint density at radius 1 is 1.52 bits per heavy atom. The van der Waals surface area contributed by atoms with Crippen molar-refractivity contribution in [2.75, 3.05) is 32.9 Å². The Kier molecular flexibility index (Phi) is 5.46. The van der Waals surface area contributed by atoms with Gasteiger partial charge in [0.25, 0.3) is 0 Å². The van der Waals surface area contributed by atoms with Gasteiger partial charge >= 0.3 is 0 Å². The highest BCUT2D eigenvalue weighted by Gasteiger charge is 2.46. The highest BCUT2D eigenvalue weighted by Crippen LogP contribution is 2.40. The van der Waals surface area contributed by atoms with Gasteiger partial charge in [0.05, 0.1) is 25.0 Å². The molecule has 126 valence electrons. The molecule has 2 aliphatic heterocycles. The van der Waals surface area contributed by atoms with E-state index in [1.165, 1.54) is 6.42 Å². The van der Waals surface area contributed by atoms with Gasteiger partial charge in [-0.2, -0.15) is 0 Å². The molecule has 0 N–H and O–H groups in total. The lowest BCUT2D eigenvalue weighted by molar-refractivity contribution is -0.152. The molecule has 0 radical (unpaired) electrons. The van der Waals surface area contributed by atoms with Gasteiger partial charge in [0.15, 0.2) is 0 Å². The molecule has 0 bridgehead atoms. The minimum absolute atomic E-state index is 0.128. The SMILES string of the molecule is C=CCOC[C@]12CCCO[C@H]1CCN(Cc1cccc(C)n1)C2. The Bertz CT molecular complexity index is 534. The van der Waals surface area contributed by atoms with Crippen LogP contribution in [0, 0.1) is 12.3 Å². The topological polar surface area (TPSA) is 34.6 Å². The number of hydrogen-bond acceptors (Lipinski definition) is 4. The van der Waals surface area contributed by atoms with Crippen LogP contribution in [0.4, 0.5) is 0 Å². The van der Waals surface area contributed by atoms with E-state index in [1.54, 1.807) is 0 Å². The molecule has 0 aromatic carbocycles. The molecule has 2 saturated heterocycles. The number of aromatic nitrogens is 1. The summed E-state index contributed by atoms with van der Waals surface area (Å²) in [4.78, 5) is 7.17. The summed E-state index contributed by atoms with van der Waals surface area (Å²) < 4.78 is 11.9. The highest BCUT2D eigenvalue weighted by molar-refractivity contribution is 5.10. The first-order chi connectivity index (χ1) is 11.2. The molecular weight excluding hydrogens is 288 g/mol. The number of pyridine rings is 1. The van der Waals surface area contributed by atoms with Crippen LogP contribution in [-0.2, 0) is 16.0 Å². The number of fused-ring (bicyclic) bond motifs is 1. The van der Waals surface area contributed by atoms with E-state index < -0.39 is 0 Å². The van der Waals surface area contributed by atoms with Crippen molar-refractivity contribution in [2.24, 2.45) is 5.41 Å². The minimum atomic E-state index is 0.128. The second kappa shape index (κ2) is 7.56. The van der Waals surface area contributed by atoms with E-state index in [1.807, 2.05) is 6.08 Å². The maximum Gasteiger partial charge on any atom is 0.0677 e. The second-order valence-corrected chi connectivity index (χ2v) is 6.90. The van der Waals surface area contributed by atoms with E-state index in [2.05, 4.69) is 41.6 Å².